The Bertz CT molecular complexity index is 689. The van der Waals surface area contributed by atoms with Crippen molar-refractivity contribution in [3.8, 4) is 0 Å². The molecule has 1 aromatic heterocycles. The number of carbonyl (C=O) groups excluding carboxylic acids is 2. The van der Waals surface area contributed by atoms with Gasteiger partial charge >= 0.3 is 0 Å². The molecule has 1 aromatic carbocycles. The summed E-state index contributed by atoms with van der Waals surface area (Å²) in [6.45, 7) is 0. The predicted molar refractivity (Wildman–Crippen MR) is 83.3 cm³/mol. The van der Waals surface area contributed by atoms with Gasteiger partial charge in [0.15, 0.2) is 5.13 Å². The van der Waals surface area contributed by atoms with Crippen LogP contribution in [0.2, 0.25) is 0 Å². The van der Waals surface area contributed by atoms with Crippen LogP contribution in [0, 0.1) is 5.92 Å². The van der Waals surface area contributed by atoms with Gasteiger partial charge in [-0.2, -0.15) is 0 Å². The minimum Gasteiger partial charge on any atom is -0.366 e. The van der Waals surface area contributed by atoms with Gasteiger partial charge in [0.2, 0.25) is 11.8 Å². The molecular weight excluding hydrogens is 286 g/mol. The molecule has 110 valence electrons. The van der Waals surface area contributed by atoms with Gasteiger partial charge < -0.3 is 11.1 Å². The van der Waals surface area contributed by atoms with Gasteiger partial charge in [0.1, 0.15) is 0 Å². The first kappa shape index (κ1) is 14.0. The standard InChI is InChI=1S/C15H17N3O2S/c16-13(19)10-6-7-11-12(8-10)21-15(17-11)18-14(20)9-4-2-1-3-5-9/h6-9H,1-5H2,(H2,16,19)(H,17,18,20). The van der Waals surface area contributed by atoms with Crippen LogP contribution in [0.3, 0.4) is 0 Å². The number of benzene rings is 1. The Morgan fingerprint density at radius 2 is 2.00 bits per heavy atom. The summed E-state index contributed by atoms with van der Waals surface area (Å²) in [6, 6.07) is 5.12. The maximum absolute atomic E-state index is 12.2. The summed E-state index contributed by atoms with van der Waals surface area (Å²) in [4.78, 5) is 27.8. The van der Waals surface area contributed by atoms with Crippen LogP contribution in [0.25, 0.3) is 10.2 Å². The van der Waals surface area contributed by atoms with E-state index in [1.54, 1.807) is 18.2 Å². The quantitative estimate of drug-likeness (QED) is 0.914. The number of amides is 2. The van der Waals surface area contributed by atoms with Crippen LogP contribution in [-0.2, 0) is 4.79 Å². The molecule has 0 atom stereocenters. The molecule has 1 heterocycles. The van der Waals surface area contributed by atoms with Crippen molar-refractivity contribution in [2.75, 3.05) is 5.32 Å². The van der Waals surface area contributed by atoms with Crippen LogP contribution < -0.4 is 11.1 Å². The third-order valence-corrected chi connectivity index (χ3v) is 4.81. The summed E-state index contributed by atoms with van der Waals surface area (Å²) in [5, 5.41) is 3.49. The largest absolute Gasteiger partial charge is 0.366 e. The first-order chi connectivity index (χ1) is 10.1. The Labute approximate surface area is 126 Å². The Morgan fingerprint density at radius 1 is 1.24 bits per heavy atom. The molecule has 0 radical (unpaired) electrons. The normalized spacial score (nSPS) is 16.0. The molecular formula is C15H17N3O2S. The van der Waals surface area contributed by atoms with E-state index in [4.69, 9.17) is 5.73 Å². The average Bonchev–Trinajstić information content (AvgIpc) is 2.89. The molecule has 6 heteroatoms. The molecule has 0 aliphatic heterocycles. The Morgan fingerprint density at radius 3 is 2.71 bits per heavy atom. The first-order valence-electron chi connectivity index (χ1n) is 7.15. The second-order valence-corrected chi connectivity index (χ2v) is 6.42. The van der Waals surface area contributed by atoms with Crippen molar-refractivity contribution in [2.45, 2.75) is 32.1 Å². The fourth-order valence-electron chi connectivity index (χ4n) is 2.70. The average molecular weight is 303 g/mol. The fraction of sp³-hybridized carbons (Fsp3) is 0.400. The maximum Gasteiger partial charge on any atom is 0.248 e. The molecule has 1 saturated carbocycles. The number of rotatable bonds is 3. The second-order valence-electron chi connectivity index (χ2n) is 5.39. The van der Waals surface area contributed by atoms with Crippen molar-refractivity contribution in [3.63, 3.8) is 0 Å². The Kier molecular flexibility index (Phi) is 3.88. The summed E-state index contributed by atoms with van der Waals surface area (Å²) in [7, 11) is 0. The number of carbonyl (C=O) groups is 2. The molecule has 3 N–H and O–H groups in total. The number of nitrogens with two attached hydrogens (primary N) is 1. The zero-order valence-electron chi connectivity index (χ0n) is 11.6. The van der Waals surface area contributed by atoms with Crippen LogP contribution in [0.1, 0.15) is 42.5 Å². The summed E-state index contributed by atoms with van der Waals surface area (Å²) < 4.78 is 0.852. The van der Waals surface area contributed by atoms with Gasteiger partial charge in [0.25, 0.3) is 0 Å². The van der Waals surface area contributed by atoms with E-state index >= 15 is 0 Å². The molecule has 0 spiro atoms. The van der Waals surface area contributed by atoms with Crippen molar-refractivity contribution in [3.05, 3.63) is 23.8 Å². The van der Waals surface area contributed by atoms with Gasteiger partial charge in [0, 0.05) is 11.5 Å². The van der Waals surface area contributed by atoms with E-state index in [-0.39, 0.29) is 11.8 Å². The highest BCUT2D eigenvalue weighted by atomic mass is 32.1. The SMILES string of the molecule is NC(=O)c1ccc2nc(NC(=O)C3CCCCC3)sc2c1. The zero-order valence-corrected chi connectivity index (χ0v) is 12.4. The lowest BCUT2D eigenvalue weighted by molar-refractivity contribution is -0.120. The number of aromatic nitrogens is 1. The highest BCUT2D eigenvalue weighted by Gasteiger charge is 2.22. The van der Waals surface area contributed by atoms with Gasteiger partial charge in [0.05, 0.1) is 10.2 Å². The van der Waals surface area contributed by atoms with Crippen LogP contribution in [0.4, 0.5) is 5.13 Å². The molecule has 0 bridgehead atoms. The Hall–Kier alpha value is -1.95. The van der Waals surface area contributed by atoms with Crippen LogP contribution >= 0.6 is 11.3 Å². The number of thiazole rings is 1. The lowest BCUT2D eigenvalue weighted by atomic mass is 9.89. The summed E-state index contributed by atoms with van der Waals surface area (Å²) in [5.74, 6) is -0.297. The maximum atomic E-state index is 12.2. The van der Waals surface area contributed by atoms with Crippen molar-refractivity contribution in [1.29, 1.82) is 0 Å². The summed E-state index contributed by atoms with van der Waals surface area (Å²) in [5.41, 5.74) is 6.49. The van der Waals surface area contributed by atoms with Gasteiger partial charge in [-0.1, -0.05) is 30.6 Å². The van der Waals surface area contributed by atoms with E-state index < -0.39 is 5.91 Å². The third-order valence-electron chi connectivity index (χ3n) is 3.88. The molecule has 5 nitrogen and oxygen atoms in total. The third kappa shape index (κ3) is 3.05. The predicted octanol–water partition coefficient (Wildman–Crippen LogP) is 2.91. The molecule has 1 aliphatic carbocycles. The number of primary amides is 1. The number of nitrogens with one attached hydrogen (secondary N) is 1. The van der Waals surface area contributed by atoms with Crippen molar-refractivity contribution >= 4 is 38.5 Å². The van der Waals surface area contributed by atoms with E-state index in [1.807, 2.05) is 0 Å². The molecule has 21 heavy (non-hydrogen) atoms. The first-order valence-corrected chi connectivity index (χ1v) is 7.96. The van der Waals surface area contributed by atoms with Gasteiger partial charge in [-0.3, -0.25) is 9.59 Å². The van der Waals surface area contributed by atoms with E-state index in [0.717, 1.165) is 35.9 Å². The molecule has 0 saturated heterocycles. The number of anilines is 1. The fourth-order valence-corrected chi connectivity index (χ4v) is 3.61. The van der Waals surface area contributed by atoms with E-state index in [1.165, 1.54) is 17.8 Å². The van der Waals surface area contributed by atoms with E-state index in [0.29, 0.717) is 10.7 Å². The molecule has 0 unspecified atom stereocenters. The second kappa shape index (κ2) is 5.81. The van der Waals surface area contributed by atoms with Crippen molar-refractivity contribution in [2.24, 2.45) is 11.7 Å². The van der Waals surface area contributed by atoms with Crippen LogP contribution in [0.5, 0.6) is 0 Å². The molecule has 2 amide bonds. The monoisotopic (exact) mass is 303 g/mol. The van der Waals surface area contributed by atoms with E-state index in [2.05, 4.69) is 10.3 Å². The molecule has 3 rings (SSSR count). The van der Waals surface area contributed by atoms with Crippen LogP contribution in [0.15, 0.2) is 18.2 Å². The highest BCUT2D eigenvalue weighted by molar-refractivity contribution is 7.22. The van der Waals surface area contributed by atoms with Crippen molar-refractivity contribution in [1.82, 2.24) is 4.98 Å². The minimum absolute atomic E-state index is 0.0591. The minimum atomic E-state index is -0.460. The number of hydrogen-bond donors (Lipinski definition) is 2. The lowest BCUT2D eigenvalue weighted by Gasteiger charge is -2.19. The topological polar surface area (TPSA) is 85.1 Å². The lowest BCUT2D eigenvalue weighted by Crippen LogP contribution is -2.24. The zero-order chi connectivity index (χ0) is 14.8. The smallest absolute Gasteiger partial charge is 0.248 e. The molecule has 1 fully saturated rings. The van der Waals surface area contributed by atoms with Crippen molar-refractivity contribution < 1.29 is 9.59 Å². The number of hydrogen-bond acceptors (Lipinski definition) is 4. The van der Waals surface area contributed by atoms with Gasteiger partial charge in [-0.05, 0) is 31.0 Å². The molecule has 1 aliphatic rings. The highest BCUT2D eigenvalue weighted by Crippen LogP contribution is 2.29. The van der Waals surface area contributed by atoms with Gasteiger partial charge in [-0.25, -0.2) is 4.98 Å². The van der Waals surface area contributed by atoms with Crippen LogP contribution in [-0.4, -0.2) is 16.8 Å². The van der Waals surface area contributed by atoms with Gasteiger partial charge in [-0.15, -0.1) is 0 Å². The number of nitrogens with zero attached hydrogens (tertiary/aromatic N) is 1. The number of fused-ring (bicyclic) bond motifs is 1. The summed E-state index contributed by atoms with van der Waals surface area (Å²) >= 11 is 1.37. The van der Waals surface area contributed by atoms with E-state index in [9.17, 15) is 9.59 Å². The Balaban J connectivity index is 1.77. The summed E-state index contributed by atoms with van der Waals surface area (Å²) in [6.07, 6.45) is 5.39. The molecule has 2 aromatic rings.